The van der Waals surface area contributed by atoms with Crippen LogP contribution in [0.1, 0.15) is 55.9 Å². The van der Waals surface area contributed by atoms with Crippen molar-refractivity contribution in [2.45, 2.75) is 56.1 Å². The van der Waals surface area contributed by atoms with E-state index in [2.05, 4.69) is 15.2 Å². The van der Waals surface area contributed by atoms with E-state index in [1.807, 2.05) is 10.9 Å². The zero-order valence-corrected chi connectivity index (χ0v) is 16.4. The molecule has 0 aromatic carbocycles. The molecule has 4 saturated carbocycles. The summed E-state index contributed by atoms with van der Waals surface area (Å²) in [6.45, 7) is 1.91. The van der Waals surface area contributed by atoms with Crippen LogP contribution in [0.5, 0.6) is 0 Å². The van der Waals surface area contributed by atoms with Gasteiger partial charge in [0.1, 0.15) is 0 Å². The monoisotopic (exact) mass is 389 g/mol. The minimum Gasteiger partial charge on any atom is -0.461 e. The lowest BCUT2D eigenvalue weighted by atomic mass is 9.53. The molecule has 8 nitrogen and oxygen atoms in total. The summed E-state index contributed by atoms with van der Waals surface area (Å²) < 4.78 is 8.18. The number of rotatable bonds is 4. The second-order valence-electron chi connectivity index (χ2n) is 8.24. The van der Waals surface area contributed by atoms with Crippen molar-refractivity contribution >= 4 is 23.5 Å². The molecule has 0 spiro atoms. The molecule has 0 amide bonds. The SMILES string of the molecule is CCOC(=O)c1nn(C23CC4CC(CC(C4)C2)C3)c2nc(SC)nn2c1=O. The molecule has 0 radical (unpaired) electrons. The first kappa shape index (κ1) is 17.2. The van der Waals surface area contributed by atoms with Gasteiger partial charge in [-0.2, -0.15) is 14.6 Å². The maximum Gasteiger partial charge on any atom is 0.364 e. The van der Waals surface area contributed by atoms with Crippen LogP contribution >= 0.6 is 11.8 Å². The van der Waals surface area contributed by atoms with Crippen molar-refractivity contribution in [1.29, 1.82) is 0 Å². The van der Waals surface area contributed by atoms with E-state index in [0.717, 1.165) is 19.3 Å². The number of hydrogen-bond donors (Lipinski definition) is 0. The summed E-state index contributed by atoms with van der Waals surface area (Å²) in [4.78, 5) is 29.8. The lowest BCUT2D eigenvalue weighted by molar-refractivity contribution is -0.0488. The molecule has 2 heterocycles. The molecule has 4 aliphatic rings. The first-order valence-corrected chi connectivity index (χ1v) is 10.9. The lowest BCUT2D eigenvalue weighted by Gasteiger charge is -2.56. The predicted molar refractivity (Wildman–Crippen MR) is 98.9 cm³/mol. The Hall–Kier alpha value is -1.90. The molecule has 4 aliphatic carbocycles. The van der Waals surface area contributed by atoms with Gasteiger partial charge in [-0.25, -0.2) is 9.48 Å². The fourth-order valence-corrected chi connectivity index (χ4v) is 6.24. The molecule has 0 aliphatic heterocycles. The fraction of sp³-hybridized carbons (Fsp3) is 0.722. The second kappa shape index (κ2) is 6.05. The number of thioether (sulfide) groups is 1. The molecule has 9 heteroatoms. The van der Waals surface area contributed by atoms with Crippen molar-refractivity contribution in [1.82, 2.24) is 24.4 Å². The van der Waals surface area contributed by atoms with Crippen molar-refractivity contribution in [3.63, 3.8) is 0 Å². The van der Waals surface area contributed by atoms with Gasteiger partial charge in [-0.05, 0) is 69.5 Å². The lowest BCUT2D eigenvalue weighted by Crippen LogP contribution is -2.53. The van der Waals surface area contributed by atoms with Crippen molar-refractivity contribution < 1.29 is 9.53 Å². The highest BCUT2D eigenvalue weighted by molar-refractivity contribution is 7.98. The summed E-state index contributed by atoms with van der Waals surface area (Å²) in [5.74, 6) is 1.85. The van der Waals surface area contributed by atoms with E-state index in [1.54, 1.807) is 6.92 Å². The summed E-state index contributed by atoms with van der Waals surface area (Å²) in [6.07, 6.45) is 8.86. The summed E-state index contributed by atoms with van der Waals surface area (Å²) in [6, 6.07) is 0. The minimum absolute atomic E-state index is 0.173. The number of fused-ring (bicyclic) bond motifs is 1. The Kier molecular flexibility index (Phi) is 3.86. The first-order chi connectivity index (χ1) is 13.0. The Bertz CT molecular complexity index is 946. The molecule has 27 heavy (non-hydrogen) atoms. The Morgan fingerprint density at radius 3 is 2.37 bits per heavy atom. The van der Waals surface area contributed by atoms with Crippen LogP contribution in [0.3, 0.4) is 0 Å². The topological polar surface area (TPSA) is 91.4 Å². The molecule has 0 saturated heterocycles. The standard InChI is InChI=1S/C18H23N5O3S/c1-3-26-15(25)13-14(24)22-17(19-16(21-22)27-2)23(20-13)18-7-10-4-11(8-18)6-12(5-10)9-18/h10-12H,3-9H2,1-2H3. The molecule has 0 N–H and O–H groups in total. The molecule has 2 aromatic rings. The van der Waals surface area contributed by atoms with Gasteiger partial charge in [0.25, 0.3) is 5.78 Å². The number of nitrogens with zero attached hydrogens (tertiary/aromatic N) is 5. The average molecular weight is 389 g/mol. The van der Waals surface area contributed by atoms with Gasteiger partial charge in [0.15, 0.2) is 0 Å². The highest BCUT2D eigenvalue weighted by Crippen LogP contribution is 2.58. The molecule has 6 rings (SSSR count). The van der Waals surface area contributed by atoms with E-state index < -0.39 is 11.5 Å². The smallest absolute Gasteiger partial charge is 0.364 e. The van der Waals surface area contributed by atoms with Crippen LogP contribution in [-0.2, 0) is 10.3 Å². The molecule has 4 fully saturated rings. The maximum atomic E-state index is 12.8. The number of carbonyl (C=O) groups excluding carboxylic acids is 1. The number of ether oxygens (including phenoxy) is 1. The van der Waals surface area contributed by atoms with Crippen LogP contribution in [0.15, 0.2) is 9.95 Å². The van der Waals surface area contributed by atoms with E-state index in [9.17, 15) is 9.59 Å². The first-order valence-electron chi connectivity index (χ1n) is 9.64. The van der Waals surface area contributed by atoms with E-state index in [4.69, 9.17) is 4.74 Å². The van der Waals surface area contributed by atoms with Crippen LogP contribution in [0.2, 0.25) is 0 Å². The second-order valence-corrected chi connectivity index (χ2v) is 9.01. The summed E-state index contributed by atoms with van der Waals surface area (Å²) in [5, 5.41) is 9.37. The van der Waals surface area contributed by atoms with Gasteiger partial charge in [0.05, 0.1) is 12.1 Å². The van der Waals surface area contributed by atoms with Gasteiger partial charge in [0.2, 0.25) is 10.9 Å². The van der Waals surface area contributed by atoms with Gasteiger partial charge < -0.3 is 4.74 Å². The van der Waals surface area contributed by atoms with Crippen LogP contribution in [-0.4, -0.2) is 43.2 Å². The number of esters is 1. The van der Waals surface area contributed by atoms with Crippen LogP contribution in [0.4, 0.5) is 0 Å². The zero-order chi connectivity index (χ0) is 18.8. The summed E-state index contributed by atoms with van der Waals surface area (Å²) in [5.41, 5.74) is -0.928. The van der Waals surface area contributed by atoms with Gasteiger partial charge in [-0.1, -0.05) is 11.8 Å². The van der Waals surface area contributed by atoms with E-state index in [-0.39, 0.29) is 17.8 Å². The quantitative estimate of drug-likeness (QED) is 0.584. The van der Waals surface area contributed by atoms with E-state index >= 15 is 0 Å². The van der Waals surface area contributed by atoms with Gasteiger partial charge in [0, 0.05) is 0 Å². The highest BCUT2D eigenvalue weighted by atomic mass is 32.2. The molecule has 2 aromatic heterocycles. The third-order valence-electron chi connectivity index (χ3n) is 6.46. The molecule has 144 valence electrons. The average Bonchev–Trinajstić information content (AvgIpc) is 3.05. The normalized spacial score (nSPS) is 31.6. The van der Waals surface area contributed by atoms with Crippen molar-refractivity contribution in [3.8, 4) is 0 Å². The largest absolute Gasteiger partial charge is 0.461 e. The number of aromatic nitrogens is 5. The Morgan fingerprint density at radius 2 is 1.81 bits per heavy atom. The predicted octanol–water partition coefficient (Wildman–Crippen LogP) is 2.11. The highest BCUT2D eigenvalue weighted by Gasteiger charge is 2.53. The van der Waals surface area contributed by atoms with E-state index in [1.165, 1.54) is 35.5 Å². The van der Waals surface area contributed by atoms with Crippen LogP contribution in [0.25, 0.3) is 5.78 Å². The van der Waals surface area contributed by atoms with Gasteiger partial charge in [-0.3, -0.25) is 4.79 Å². The Balaban J connectivity index is 1.73. The van der Waals surface area contributed by atoms with Crippen molar-refractivity contribution in [2.24, 2.45) is 17.8 Å². The van der Waals surface area contributed by atoms with Gasteiger partial charge in [-0.15, -0.1) is 5.10 Å². The Morgan fingerprint density at radius 1 is 1.19 bits per heavy atom. The molecular weight excluding hydrogens is 366 g/mol. The fourth-order valence-electron chi connectivity index (χ4n) is 5.90. The van der Waals surface area contributed by atoms with Gasteiger partial charge >= 0.3 is 11.5 Å². The maximum absolute atomic E-state index is 12.8. The summed E-state index contributed by atoms with van der Waals surface area (Å²) in [7, 11) is 0. The molecular formula is C18H23N5O3S. The minimum atomic E-state index is -0.691. The van der Waals surface area contributed by atoms with Crippen molar-refractivity contribution in [3.05, 3.63) is 16.0 Å². The third-order valence-corrected chi connectivity index (χ3v) is 7.00. The van der Waals surface area contributed by atoms with E-state index in [0.29, 0.717) is 28.7 Å². The third kappa shape index (κ3) is 2.54. The van der Waals surface area contributed by atoms with Crippen LogP contribution in [0, 0.1) is 17.8 Å². The zero-order valence-electron chi connectivity index (χ0n) is 15.6. The number of carbonyl (C=O) groups is 1. The van der Waals surface area contributed by atoms with Crippen LogP contribution < -0.4 is 5.56 Å². The van der Waals surface area contributed by atoms with Crippen molar-refractivity contribution in [2.75, 3.05) is 12.9 Å². The molecule has 0 atom stereocenters. The number of hydrogen-bond acceptors (Lipinski definition) is 7. The summed E-state index contributed by atoms with van der Waals surface area (Å²) >= 11 is 1.37. The Labute approximate surface area is 160 Å². The molecule has 0 unspecified atom stereocenters. The molecule has 4 bridgehead atoms.